The van der Waals surface area contributed by atoms with Gasteiger partial charge in [-0.2, -0.15) is 0 Å². The predicted octanol–water partition coefficient (Wildman–Crippen LogP) is 3.11. The smallest absolute Gasteiger partial charge is 0.310 e. The van der Waals surface area contributed by atoms with E-state index in [1.54, 1.807) is 55.5 Å². The molecule has 0 bridgehead atoms. The molecule has 0 saturated carbocycles. The van der Waals surface area contributed by atoms with Crippen LogP contribution >= 0.6 is 0 Å². The number of carbonyl (C=O) groups excluding carboxylic acids is 1. The van der Waals surface area contributed by atoms with Crippen molar-refractivity contribution in [2.45, 2.75) is 12.8 Å². The largest absolute Gasteiger partial charge is 0.481 e. The van der Waals surface area contributed by atoms with E-state index in [9.17, 15) is 9.59 Å². The number of aliphatic carboxylic acids is 1. The van der Waals surface area contributed by atoms with Gasteiger partial charge >= 0.3 is 5.97 Å². The third kappa shape index (κ3) is 2.88. The van der Waals surface area contributed by atoms with Gasteiger partial charge < -0.3 is 5.11 Å². The zero-order valence-electron chi connectivity index (χ0n) is 10.5. The van der Waals surface area contributed by atoms with E-state index in [2.05, 4.69) is 0 Å². The van der Waals surface area contributed by atoms with E-state index in [0.29, 0.717) is 16.7 Å². The van der Waals surface area contributed by atoms with E-state index < -0.39 is 11.9 Å². The summed E-state index contributed by atoms with van der Waals surface area (Å²) >= 11 is 0. The lowest BCUT2D eigenvalue weighted by Gasteiger charge is -2.08. The Morgan fingerprint density at radius 3 is 2.21 bits per heavy atom. The molecule has 0 amide bonds. The van der Waals surface area contributed by atoms with Crippen LogP contribution in [0.4, 0.5) is 0 Å². The van der Waals surface area contributed by atoms with Crippen molar-refractivity contribution in [1.29, 1.82) is 0 Å². The molecule has 0 heterocycles. The molecule has 3 heteroatoms. The number of carboxylic acids is 1. The Kier molecular flexibility index (Phi) is 3.76. The molecule has 2 rings (SSSR count). The molecule has 0 radical (unpaired) electrons. The highest BCUT2D eigenvalue weighted by molar-refractivity contribution is 6.09. The first kappa shape index (κ1) is 13.0. The number of carboxylic acid groups (broad SMARTS) is 1. The third-order valence-corrected chi connectivity index (χ3v) is 3.06. The monoisotopic (exact) mass is 255 g/mol. The molecule has 1 N–H and O–H groups in total. The summed E-state index contributed by atoms with van der Waals surface area (Å²) in [6.07, 6.45) is 0. The molecule has 0 aromatic heterocycles. The number of ketones is 1. The van der Waals surface area contributed by atoms with Gasteiger partial charge in [0.25, 0.3) is 0 Å². The van der Waals surface area contributed by atoms with Crippen molar-refractivity contribution in [2.24, 2.45) is 0 Å². The Balaban J connectivity index is 2.34. The van der Waals surface area contributed by atoms with Crippen molar-refractivity contribution in [3.63, 3.8) is 0 Å². The van der Waals surface area contributed by atoms with E-state index in [4.69, 9.17) is 5.11 Å². The Bertz CT molecular complexity index is 602. The fourth-order valence-electron chi connectivity index (χ4n) is 1.85. The van der Waals surface area contributed by atoms with Crippen LogP contribution in [-0.2, 0) is 4.79 Å². The van der Waals surface area contributed by atoms with E-state index in [1.165, 1.54) is 0 Å². The van der Waals surface area contributed by atoms with Gasteiger partial charge in [0.15, 0.2) is 5.78 Å². The van der Waals surface area contributed by atoms with Crippen molar-refractivity contribution in [2.75, 3.05) is 0 Å². The second-order valence-electron chi connectivity index (χ2n) is 4.38. The fourth-order valence-corrected chi connectivity index (χ4v) is 1.85. The van der Waals surface area contributed by atoms with Gasteiger partial charge in [0.05, 0.1) is 5.92 Å². The first-order chi connectivity index (χ1) is 9.09. The van der Waals surface area contributed by atoms with Crippen LogP contribution in [0, 0.1) is 0 Å². The summed E-state index contributed by atoms with van der Waals surface area (Å²) < 4.78 is 0. The minimum absolute atomic E-state index is 0.0972. The van der Waals surface area contributed by atoms with Crippen LogP contribution < -0.4 is 0 Å². The summed E-state index contributed by atoms with van der Waals surface area (Å²) in [5.41, 5.74) is 1.74. The first-order valence-corrected chi connectivity index (χ1v) is 6.02. The fraction of sp³-hybridized carbons (Fsp3) is 0.125. The second-order valence-corrected chi connectivity index (χ2v) is 4.38. The summed E-state index contributed by atoms with van der Waals surface area (Å²) in [7, 11) is 0. The molecule has 0 unspecified atom stereocenters. The molecule has 96 valence electrons. The van der Waals surface area contributed by atoms with Crippen molar-refractivity contribution < 1.29 is 14.7 Å². The normalized spacial score (nSPS) is 11.8. The average Bonchev–Trinajstić information content (AvgIpc) is 2.46. The first-order valence-electron chi connectivity index (χ1n) is 6.02. The number of carbonyl (C=O) groups is 2. The van der Waals surface area contributed by atoms with Crippen LogP contribution in [0.1, 0.15) is 34.3 Å². The third-order valence-electron chi connectivity index (χ3n) is 3.06. The van der Waals surface area contributed by atoms with E-state index >= 15 is 0 Å². The van der Waals surface area contributed by atoms with Crippen LogP contribution in [0.25, 0.3) is 0 Å². The maximum Gasteiger partial charge on any atom is 0.310 e. The molecule has 0 aliphatic carbocycles. The molecule has 0 fully saturated rings. The van der Waals surface area contributed by atoms with Crippen LogP contribution in [0.3, 0.4) is 0 Å². The van der Waals surface area contributed by atoms with Crippen molar-refractivity contribution in [1.82, 2.24) is 0 Å². The summed E-state index contributed by atoms with van der Waals surface area (Å²) in [4.78, 5) is 23.2. The van der Waals surface area contributed by atoms with Crippen molar-refractivity contribution in [3.05, 3.63) is 71.3 Å². The molecule has 2 aromatic carbocycles. The minimum Gasteiger partial charge on any atom is -0.481 e. The topological polar surface area (TPSA) is 54.4 Å². The Labute approximate surface area is 111 Å². The molecule has 2 aromatic rings. The Morgan fingerprint density at radius 1 is 0.947 bits per heavy atom. The minimum atomic E-state index is -0.899. The van der Waals surface area contributed by atoms with E-state index in [0.717, 1.165) is 0 Å². The lowest BCUT2D eigenvalue weighted by molar-refractivity contribution is -0.138. The highest BCUT2D eigenvalue weighted by atomic mass is 16.5. The summed E-state index contributed by atoms with van der Waals surface area (Å²) in [5.74, 6) is -1.62. The molecule has 0 aliphatic heterocycles. The van der Waals surface area contributed by atoms with Gasteiger partial charge in [-0.1, -0.05) is 48.5 Å². The lowest BCUT2D eigenvalue weighted by Crippen LogP contribution is -2.09. The number of hydrogen-bond donors (Lipinski definition) is 1. The molecule has 0 saturated heterocycles. The summed E-state index contributed by atoms with van der Waals surface area (Å²) in [6, 6.07) is 15.7. The number of benzene rings is 2. The lowest BCUT2D eigenvalue weighted by atomic mass is 9.98. The molecular formula is C16H14O3. The summed E-state index contributed by atoms with van der Waals surface area (Å²) in [5, 5.41) is 9.00. The van der Waals surface area contributed by atoms with Gasteiger partial charge in [-0.3, -0.25) is 9.59 Å². The number of rotatable bonds is 4. The highest BCUT2D eigenvalue weighted by Crippen LogP contribution is 2.18. The maximum absolute atomic E-state index is 12.2. The molecule has 3 nitrogen and oxygen atoms in total. The van der Waals surface area contributed by atoms with Crippen LogP contribution in [0.15, 0.2) is 54.6 Å². The van der Waals surface area contributed by atoms with Crippen LogP contribution in [0.5, 0.6) is 0 Å². The molecule has 0 spiro atoms. The zero-order chi connectivity index (χ0) is 13.8. The summed E-state index contributed by atoms with van der Waals surface area (Å²) in [6.45, 7) is 1.61. The standard InChI is InChI=1S/C16H14O3/c1-11(16(18)19)13-8-5-9-14(10-13)15(17)12-6-3-2-4-7-12/h2-11H,1H3,(H,18,19)/t11-/m0/s1/i16+1. The van der Waals surface area contributed by atoms with Gasteiger partial charge in [0, 0.05) is 11.1 Å². The SMILES string of the molecule is C[C@@H](c1cccc(C(=O)c2ccccc2)c1)[13C](=O)O. The van der Waals surface area contributed by atoms with Gasteiger partial charge in [-0.15, -0.1) is 0 Å². The quantitative estimate of drug-likeness (QED) is 0.674. The highest BCUT2D eigenvalue weighted by Gasteiger charge is 2.16. The molecule has 1 atom stereocenters. The van der Waals surface area contributed by atoms with Crippen molar-refractivity contribution in [3.8, 4) is 0 Å². The van der Waals surface area contributed by atoms with Crippen LogP contribution in [0.2, 0.25) is 0 Å². The maximum atomic E-state index is 12.2. The van der Waals surface area contributed by atoms with Gasteiger partial charge in [0.1, 0.15) is 0 Å². The molecular weight excluding hydrogens is 241 g/mol. The van der Waals surface area contributed by atoms with Crippen molar-refractivity contribution >= 4 is 11.8 Å². The Morgan fingerprint density at radius 2 is 1.58 bits per heavy atom. The molecule has 0 aliphatic rings. The second kappa shape index (κ2) is 5.48. The molecule has 19 heavy (non-hydrogen) atoms. The van der Waals surface area contributed by atoms with Gasteiger partial charge in [0.2, 0.25) is 0 Å². The number of hydrogen-bond acceptors (Lipinski definition) is 2. The van der Waals surface area contributed by atoms with Crippen LogP contribution in [-0.4, -0.2) is 16.9 Å². The van der Waals surface area contributed by atoms with Gasteiger partial charge in [-0.05, 0) is 18.6 Å². The average molecular weight is 255 g/mol. The van der Waals surface area contributed by atoms with Gasteiger partial charge in [-0.25, -0.2) is 0 Å². The van der Waals surface area contributed by atoms with E-state index in [-0.39, 0.29) is 5.78 Å². The Hall–Kier alpha value is -2.42. The predicted molar refractivity (Wildman–Crippen MR) is 72.4 cm³/mol. The zero-order valence-corrected chi connectivity index (χ0v) is 10.5. The van der Waals surface area contributed by atoms with E-state index in [1.807, 2.05) is 6.07 Å².